The predicted molar refractivity (Wildman–Crippen MR) is 242 cm³/mol. The molecule has 1 unspecified atom stereocenters. The summed E-state index contributed by atoms with van der Waals surface area (Å²) < 4.78 is 12.9. The Morgan fingerprint density at radius 1 is 0.400 bits per heavy atom. The topological polar surface area (TPSA) is 45.2 Å². The van der Waals surface area contributed by atoms with E-state index in [0.29, 0.717) is 0 Å². The van der Waals surface area contributed by atoms with Crippen molar-refractivity contribution in [1.29, 1.82) is 0 Å². The van der Waals surface area contributed by atoms with Crippen LogP contribution < -0.4 is 4.74 Å². The first-order valence-corrected chi connectivity index (χ1v) is 24.6. The standard InChI is InChI=1S/C50H96N2O3/c1-5-9-13-17-21-25-29-41-51(42-30-26-22-18-14-10-6-2)45-33-34-47-54-50(55-49-39-37-48(53)38-40-49)36-35-46-52(43-31-27-23-19-15-11-7-3)44-32-28-24-20-16-12-8-4/h37-40,50,53H,5-36,41-47H2,1-4H3. The van der Waals surface area contributed by atoms with Gasteiger partial charge in [0.05, 0.1) is 6.61 Å². The van der Waals surface area contributed by atoms with Crippen molar-refractivity contribution in [2.24, 2.45) is 0 Å². The zero-order valence-corrected chi connectivity index (χ0v) is 37.6. The summed E-state index contributed by atoms with van der Waals surface area (Å²) in [6.07, 6.45) is 42.5. The van der Waals surface area contributed by atoms with E-state index < -0.39 is 0 Å². The van der Waals surface area contributed by atoms with Crippen molar-refractivity contribution in [3.05, 3.63) is 24.3 Å². The lowest BCUT2D eigenvalue weighted by Gasteiger charge is -2.25. The van der Waals surface area contributed by atoms with Gasteiger partial charge < -0.3 is 24.4 Å². The highest BCUT2D eigenvalue weighted by molar-refractivity contribution is 5.30. The van der Waals surface area contributed by atoms with Gasteiger partial charge >= 0.3 is 0 Å². The molecule has 5 nitrogen and oxygen atoms in total. The molecule has 0 bridgehead atoms. The molecule has 0 aliphatic rings. The second-order valence-electron chi connectivity index (χ2n) is 16.9. The van der Waals surface area contributed by atoms with Gasteiger partial charge in [0.1, 0.15) is 11.5 Å². The minimum atomic E-state index is -0.250. The Bertz CT molecular complexity index is 844. The summed E-state index contributed by atoms with van der Waals surface area (Å²) in [5.41, 5.74) is 0. The van der Waals surface area contributed by atoms with E-state index in [1.54, 1.807) is 12.1 Å². The molecular formula is C50H96N2O3. The Kier molecular flexibility index (Phi) is 38.4. The SMILES string of the molecule is CCCCCCCCCN(CCCCCCCCC)CCCCOC(CCCN(CCCCCCCCC)CCCCCCCCC)Oc1ccc(O)cc1. The first-order valence-electron chi connectivity index (χ1n) is 24.6. The first-order chi connectivity index (χ1) is 27.1. The second kappa shape index (κ2) is 40.9. The lowest BCUT2D eigenvalue weighted by Crippen LogP contribution is -2.29. The maximum absolute atomic E-state index is 9.85. The molecule has 0 heterocycles. The van der Waals surface area contributed by atoms with Gasteiger partial charge in [-0.1, -0.05) is 182 Å². The van der Waals surface area contributed by atoms with Crippen molar-refractivity contribution in [1.82, 2.24) is 9.80 Å². The van der Waals surface area contributed by atoms with Crippen molar-refractivity contribution in [3.63, 3.8) is 0 Å². The molecule has 0 amide bonds. The van der Waals surface area contributed by atoms with E-state index in [-0.39, 0.29) is 12.0 Å². The van der Waals surface area contributed by atoms with Crippen LogP contribution in [0.3, 0.4) is 0 Å². The van der Waals surface area contributed by atoms with Crippen molar-refractivity contribution in [2.75, 3.05) is 45.9 Å². The highest BCUT2D eigenvalue weighted by Crippen LogP contribution is 2.20. The summed E-state index contributed by atoms with van der Waals surface area (Å²) in [7, 11) is 0. The van der Waals surface area contributed by atoms with Crippen LogP contribution in [0.5, 0.6) is 11.5 Å². The molecule has 0 radical (unpaired) electrons. The summed E-state index contributed by atoms with van der Waals surface area (Å²) in [6.45, 7) is 17.2. The minimum Gasteiger partial charge on any atom is -0.508 e. The fraction of sp³-hybridized carbons (Fsp3) is 0.880. The third kappa shape index (κ3) is 34.5. The highest BCUT2D eigenvalue weighted by atomic mass is 16.7. The Balaban J connectivity index is 2.62. The minimum absolute atomic E-state index is 0.250. The normalized spacial score (nSPS) is 12.3. The van der Waals surface area contributed by atoms with Gasteiger partial charge in [-0.05, 0) is 108 Å². The molecule has 0 aromatic heterocycles. The van der Waals surface area contributed by atoms with Gasteiger partial charge in [-0.2, -0.15) is 0 Å². The maximum atomic E-state index is 9.85. The Morgan fingerprint density at radius 2 is 0.709 bits per heavy atom. The number of rotatable bonds is 44. The van der Waals surface area contributed by atoms with Crippen LogP contribution in [-0.4, -0.2) is 67.1 Å². The van der Waals surface area contributed by atoms with Gasteiger partial charge in [0.15, 0.2) is 6.29 Å². The quantitative estimate of drug-likeness (QED) is 0.0529. The van der Waals surface area contributed by atoms with E-state index in [9.17, 15) is 5.11 Å². The summed E-state index contributed by atoms with van der Waals surface area (Å²) in [6, 6.07) is 7.16. The highest BCUT2D eigenvalue weighted by Gasteiger charge is 2.14. The van der Waals surface area contributed by atoms with E-state index >= 15 is 0 Å². The van der Waals surface area contributed by atoms with Crippen LogP contribution in [0, 0.1) is 0 Å². The van der Waals surface area contributed by atoms with Gasteiger partial charge in [0.25, 0.3) is 0 Å². The first kappa shape index (κ1) is 51.7. The van der Waals surface area contributed by atoms with Crippen LogP contribution in [0.2, 0.25) is 0 Å². The van der Waals surface area contributed by atoms with Gasteiger partial charge in [0.2, 0.25) is 0 Å². The van der Waals surface area contributed by atoms with Gasteiger partial charge in [-0.15, -0.1) is 0 Å². The molecule has 55 heavy (non-hydrogen) atoms. The van der Waals surface area contributed by atoms with Crippen molar-refractivity contribution < 1.29 is 14.6 Å². The zero-order valence-electron chi connectivity index (χ0n) is 37.6. The molecular weight excluding hydrogens is 677 g/mol. The molecule has 0 fully saturated rings. The molecule has 0 saturated carbocycles. The van der Waals surface area contributed by atoms with Crippen LogP contribution in [0.1, 0.15) is 233 Å². The molecule has 0 spiro atoms. The van der Waals surface area contributed by atoms with Crippen LogP contribution in [0.4, 0.5) is 0 Å². The van der Waals surface area contributed by atoms with Crippen LogP contribution >= 0.6 is 0 Å². The predicted octanol–water partition coefficient (Wildman–Crippen LogP) is 15.3. The van der Waals surface area contributed by atoms with Crippen molar-refractivity contribution in [2.45, 2.75) is 239 Å². The monoisotopic (exact) mass is 773 g/mol. The number of phenols is 1. The van der Waals surface area contributed by atoms with Crippen molar-refractivity contribution >= 4 is 0 Å². The van der Waals surface area contributed by atoms with E-state index in [4.69, 9.17) is 9.47 Å². The van der Waals surface area contributed by atoms with Gasteiger partial charge in [-0.25, -0.2) is 0 Å². The molecule has 1 aromatic rings. The molecule has 1 atom stereocenters. The fourth-order valence-corrected chi connectivity index (χ4v) is 7.83. The maximum Gasteiger partial charge on any atom is 0.199 e. The molecule has 0 aliphatic heterocycles. The number of hydrogen-bond donors (Lipinski definition) is 1. The van der Waals surface area contributed by atoms with E-state index in [1.807, 2.05) is 12.1 Å². The largest absolute Gasteiger partial charge is 0.508 e. The Hall–Kier alpha value is -1.30. The average Bonchev–Trinajstić information content (AvgIpc) is 3.19. The Labute approximate surface area is 344 Å². The molecule has 324 valence electrons. The van der Waals surface area contributed by atoms with Crippen LogP contribution in [0.15, 0.2) is 24.3 Å². The number of phenolic OH excluding ortho intramolecular Hbond substituents is 1. The smallest absolute Gasteiger partial charge is 0.199 e. The average molecular weight is 773 g/mol. The molecule has 0 saturated heterocycles. The molecule has 1 N–H and O–H groups in total. The number of benzene rings is 1. The summed E-state index contributed by atoms with van der Waals surface area (Å²) in [5.74, 6) is 1.05. The van der Waals surface area contributed by atoms with Crippen LogP contribution in [-0.2, 0) is 4.74 Å². The number of hydrogen-bond acceptors (Lipinski definition) is 5. The third-order valence-electron chi connectivity index (χ3n) is 11.5. The van der Waals surface area contributed by atoms with Gasteiger partial charge in [-0.3, -0.25) is 0 Å². The molecule has 0 aliphatic carbocycles. The molecule has 5 heteroatoms. The second-order valence-corrected chi connectivity index (χ2v) is 16.9. The molecule has 1 rings (SSSR count). The Morgan fingerprint density at radius 3 is 1.07 bits per heavy atom. The van der Waals surface area contributed by atoms with Gasteiger partial charge in [0, 0.05) is 6.42 Å². The third-order valence-corrected chi connectivity index (χ3v) is 11.5. The van der Waals surface area contributed by atoms with E-state index in [0.717, 1.165) is 38.2 Å². The van der Waals surface area contributed by atoms with Crippen LogP contribution in [0.25, 0.3) is 0 Å². The van der Waals surface area contributed by atoms with Crippen molar-refractivity contribution in [3.8, 4) is 11.5 Å². The fourth-order valence-electron chi connectivity index (χ4n) is 7.83. The summed E-state index contributed by atoms with van der Waals surface area (Å²) >= 11 is 0. The zero-order chi connectivity index (χ0) is 39.7. The number of unbranched alkanes of at least 4 members (excludes halogenated alkanes) is 25. The summed E-state index contributed by atoms with van der Waals surface area (Å²) in [4.78, 5) is 5.49. The van der Waals surface area contributed by atoms with E-state index in [1.165, 1.54) is 219 Å². The van der Waals surface area contributed by atoms with E-state index in [2.05, 4.69) is 37.5 Å². The lowest BCUT2D eigenvalue weighted by molar-refractivity contribution is -0.0873. The summed E-state index contributed by atoms with van der Waals surface area (Å²) in [5, 5.41) is 9.85. The number of aromatic hydroxyl groups is 1. The number of nitrogens with zero attached hydrogens (tertiary/aromatic N) is 2. The lowest BCUT2D eigenvalue weighted by atomic mass is 10.1. The number of ether oxygens (including phenoxy) is 2. The molecule has 1 aromatic carbocycles.